The number of likely N-dealkylation sites (tertiary alicyclic amines) is 1. The van der Waals surface area contributed by atoms with E-state index in [-0.39, 0.29) is 23.1 Å². The predicted octanol–water partition coefficient (Wildman–Crippen LogP) is -0.267. The van der Waals surface area contributed by atoms with E-state index in [1.807, 2.05) is 20.8 Å². The van der Waals surface area contributed by atoms with Gasteiger partial charge in [0.1, 0.15) is 0 Å². The Balaban J connectivity index is 1.94. The van der Waals surface area contributed by atoms with Gasteiger partial charge >= 0.3 is 5.97 Å². The maximum Gasteiger partial charge on any atom is 0.358 e. The summed E-state index contributed by atoms with van der Waals surface area (Å²) < 4.78 is 1.48. The number of amides is 1. The van der Waals surface area contributed by atoms with Crippen LogP contribution in [0.15, 0.2) is 6.20 Å². The molecule has 1 atom stereocenters. The fourth-order valence-corrected chi connectivity index (χ4v) is 1.92. The van der Waals surface area contributed by atoms with E-state index in [1.54, 1.807) is 4.90 Å². The lowest BCUT2D eigenvalue weighted by atomic mass is 9.86. The average molecular weight is 281 g/mol. The van der Waals surface area contributed by atoms with Gasteiger partial charge in [0.25, 0.3) is 0 Å². The van der Waals surface area contributed by atoms with E-state index < -0.39 is 12.0 Å². The number of nitrogens with zero attached hydrogens (tertiary/aromatic N) is 4. The highest BCUT2D eigenvalue weighted by molar-refractivity contribution is 5.85. The van der Waals surface area contributed by atoms with Crippen molar-refractivity contribution in [2.24, 2.45) is 11.1 Å². The molecule has 1 unspecified atom stereocenters. The van der Waals surface area contributed by atoms with Gasteiger partial charge in [-0.3, -0.25) is 4.79 Å². The lowest BCUT2D eigenvalue weighted by Crippen LogP contribution is -2.58. The Morgan fingerprint density at radius 1 is 1.45 bits per heavy atom. The third-order valence-electron chi connectivity index (χ3n) is 3.48. The van der Waals surface area contributed by atoms with Gasteiger partial charge in [-0.05, 0) is 5.41 Å². The molecule has 0 saturated carbocycles. The highest BCUT2D eigenvalue weighted by Gasteiger charge is 2.38. The molecule has 2 heterocycles. The number of hydrogen-bond acceptors (Lipinski definition) is 5. The van der Waals surface area contributed by atoms with Crippen molar-refractivity contribution >= 4 is 11.9 Å². The molecule has 0 aliphatic carbocycles. The van der Waals surface area contributed by atoms with Crippen LogP contribution in [-0.4, -0.2) is 56.0 Å². The summed E-state index contributed by atoms with van der Waals surface area (Å²) in [7, 11) is 0. The molecular weight excluding hydrogens is 262 g/mol. The highest BCUT2D eigenvalue weighted by Crippen LogP contribution is 2.25. The maximum atomic E-state index is 12.1. The molecule has 20 heavy (non-hydrogen) atoms. The van der Waals surface area contributed by atoms with Gasteiger partial charge < -0.3 is 15.7 Å². The quantitative estimate of drug-likeness (QED) is 0.788. The fraction of sp³-hybridized carbons (Fsp3) is 0.667. The molecule has 0 radical (unpaired) electrons. The normalized spacial score (nSPS) is 17.7. The smallest absolute Gasteiger partial charge is 0.358 e. The van der Waals surface area contributed by atoms with Crippen molar-refractivity contribution in [1.82, 2.24) is 19.9 Å². The monoisotopic (exact) mass is 281 g/mol. The van der Waals surface area contributed by atoms with E-state index in [2.05, 4.69) is 10.3 Å². The molecule has 1 saturated heterocycles. The van der Waals surface area contributed by atoms with Crippen molar-refractivity contribution in [3.8, 4) is 0 Å². The Bertz CT molecular complexity index is 527. The summed E-state index contributed by atoms with van der Waals surface area (Å²) >= 11 is 0. The van der Waals surface area contributed by atoms with E-state index in [4.69, 9.17) is 10.8 Å². The summed E-state index contributed by atoms with van der Waals surface area (Å²) in [6.07, 6.45) is 1.37. The van der Waals surface area contributed by atoms with Crippen LogP contribution in [0.25, 0.3) is 0 Å². The Morgan fingerprint density at radius 2 is 2.05 bits per heavy atom. The first-order chi connectivity index (χ1) is 9.20. The largest absolute Gasteiger partial charge is 0.476 e. The van der Waals surface area contributed by atoms with Crippen molar-refractivity contribution in [3.05, 3.63) is 11.9 Å². The molecule has 1 fully saturated rings. The van der Waals surface area contributed by atoms with Gasteiger partial charge in [0, 0.05) is 13.1 Å². The first-order valence-corrected chi connectivity index (χ1v) is 6.39. The topological polar surface area (TPSA) is 114 Å². The number of carboxylic acids is 1. The van der Waals surface area contributed by atoms with E-state index >= 15 is 0 Å². The van der Waals surface area contributed by atoms with Gasteiger partial charge in [-0.15, -0.1) is 5.10 Å². The second kappa shape index (κ2) is 4.86. The number of hydrogen-bond donors (Lipinski definition) is 2. The number of rotatable bonds is 3. The molecule has 1 aliphatic rings. The molecule has 2 rings (SSSR count). The van der Waals surface area contributed by atoms with Crippen LogP contribution in [0.1, 0.15) is 37.3 Å². The van der Waals surface area contributed by atoms with E-state index in [0.29, 0.717) is 13.1 Å². The summed E-state index contributed by atoms with van der Waals surface area (Å²) in [6.45, 7) is 6.71. The maximum absolute atomic E-state index is 12.1. The summed E-state index contributed by atoms with van der Waals surface area (Å²) in [5, 5.41) is 16.1. The minimum Gasteiger partial charge on any atom is -0.476 e. The fourth-order valence-electron chi connectivity index (χ4n) is 1.92. The molecule has 1 amide bonds. The molecule has 0 bridgehead atoms. The third kappa shape index (κ3) is 2.64. The number of carbonyl (C=O) groups is 2. The zero-order chi connectivity index (χ0) is 15.1. The van der Waals surface area contributed by atoms with Crippen molar-refractivity contribution in [1.29, 1.82) is 0 Å². The Kier molecular flexibility index (Phi) is 3.51. The Labute approximate surface area is 116 Å². The number of nitrogens with two attached hydrogens (primary N) is 1. The van der Waals surface area contributed by atoms with E-state index in [1.165, 1.54) is 10.9 Å². The van der Waals surface area contributed by atoms with Crippen LogP contribution in [0.3, 0.4) is 0 Å². The highest BCUT2D eigenvalue weighted by atomic mass is 16.4. The summed E-state index contributed by atoms with van der Waals surface area (Å²) in [5.74, 6) is -1.20. The molecular formula is C12H19N5O3. The van der Waals surface area contributed by atoms with E-state index in [9.17, 15) is 9.59 Å². The minimum atomic E-state index is -1.11. The molecule has 3 N–H and O–H groups in total. The molecule has 1 aromatic heterocycles. The summed E-state index contributed by atoms with van der Waals surface area (Å²) in [5.41, 5.74) is 5.55. The summed E-state index contributed by atoms with van der Waals surface area (Å²) in [4.78, 5) is 24.5. The SMILES string of the molecule is CC(C)(C)C(N)C(=O)N1CC(n2cc(C(=O)O)nn2)C1. The van der Waals surface area contributed by atoms with Gasteiger partial charge in [0.15, 0.2) is 5.69 Å². The third-order valence-corrected chi connectivity index (χ3v) is 3.48. The molecule has 1 aromatic rings. The van der Waals surface area contributed by atoms with Crippen molar-refractivity contribution in [2.45, 2.75) is 32.9 Å². The molecule has 8 heteroatoms. The number of aromatic carboxylic acids is 1. The standard InChI is InChI=1S/C12H19N5O3/c1-12(2,3)9(13)10(18)16-4-7(5-16)17-6-8(11(19)20)14-15-17/h6-7,9H,4-5,13H2,1-3H3,(H,19,20). The van der Waals surface area contributed by atoms with Crippen LogP contribution >= 0.6 is 0 Å². The molecule has 8 nitrogen and oxygen atoms in total. The van der Waals surface area contributed by atoms with Gasteiger partial charge in [-0.2, -0.15) is 0 Å². The second-order valence-corrected chi connectivity index (χ2v) is 6.13. The molecule has 110 valence electrons. The molecule has 0 spiro atoms. The van der Waals surface area contributed by atoms with Gasteiger partial charge in [-0.25, -0.2) is 9.48 Å². The van der Waals surface area contributed by atoms with Crippen molar-refractivity contribution in [3.63, 3.8) is 0 Å². The summed E-state index contributed by atoms with van der Waals surface area (Å²) in [6, 6.07) is -0.583. The van der Waals surface area contributed by atoms with Crippen LogP contribution < -0.4 is 5.73 Å². The Morgan fingerprint density at radius 3 is 2.50 bits per heavy atom. The lowest BCUT2D eigenvalue weighted by molar-refractivity contribution is -0.141. The van der Waals surface area contributed by atoms with Crippen LogP contribution in [-0.2, 0) is 4.79 Å². The first-order valence-electron chi connectivity index (χ1n) is 6.39. The second-order valence-electron chi connectivity index (χ2n) is 6.13. The molecule has 1 aliphatic heterocycles. The average Bonchev–Trinajstić information content (AvgIpc) is 2.73. The van der Waals surface area contributed by atoms with Crippen molar-refractivity contribution in [2.75, 3.05) is 13.1 Å². The molecule has 0 aromatic carbocycles. The predicted molar refractivity (Wildman–Crippen MR) is 70.0 cm³/mol. The number of aromatic nitrogens is 3. The van der Waals surface area contributed by atoms with E-state index in [0.717, 1.165) is 0 Å². The van der Waals surface area contributed by atoms with Crippen LogP contribution in [0.2, 0.25) is 0 Å². The number of carboxylic acid groups (broad SMARTS) is 1. The van der Waals surface area contributed by atoms with Crippen LogP contribution in [0.5, 0.6) is 0 Å². The lowest BCUT2D eigenvalue weighted by Gasteiger charge is -2.42. The van der Waals surface area contributed by atoms with Crippen LogP contribution in [0, 0.1) is 5.41 Å². The van der Waals surface area contributed by atoms with Gasteiger partial charge in [0.2, 0.25) is 5.91 Å². The zero-order valence-corrected chi connectivity index (χ0v) is 11.8. The van der Waals surface area contributed by atoms with Gasteiger partial charge in [-0.1, -0.05) is 26.0 Å². The van der Waals surface area contributed by atoms with Crippen molar-refractivity contribution < 1.29 is 14.7 Å². The minimum absolute atomic E-state index is 0.0354. The number of carbonyl (C=O) groups excluding carboxylic acids is 1. The van der Waals surface area contributed by atoms with Crippen LogP contribution in [0.4, 0.5) is 0 Å². The van der Waals surface area contributed by atoms with Gasteiger partial charge in [0.05, 0.1) is 18.3 Å². The first kappa shape index (κ1) is 14.4. The zero-order valence-electron chi connectivity index (χ0n) is 11.8. The Hall–Kier alpha value is -1.96.